The van der Waals surface area contributed by atoms with Crippen LogP contribution in [0.1, 0.15) is 17.4 Å². The van der Waals surface area contributed by atoms with Crippen molar-refractivity contribution in [2.24, 2.45) is 11.7 Å². The molecular weight excluding hydrogens is 304 g/mol. The van der Waals surface area contributed by atoms with Crippen LogP contribution >= 0.6 is 0 Å². The summed E-state index contributed by atoms with van der Waals surface area (Å²) in [6, 6.07) is 3.67. The van der Waals surface area contributed by atoms with Crippen LogP contribution in [0.4, 0.5) is 5.69 Å². The third kappa shape index (κ3) is 3.48. The molecule has 0 fully saturated rings. The van der Waals surface area contributed by atoms with Crippen molar-refractivity contribution in [3.63, 3.8) is 0 Å². The molecule has 24 heavy (non-hydrogen) atoms. The number of allylic oxidation sites excluding steroid dienone is 3. The average molecular weight is 324 g/mol. The molecule has 6 heteroatoms. The van der Waals surface area contributed by atoms with Gasteiger partial charge in [-0.2, -0.15) is 0 Å². The van der Waals surface area contributed by atoms with Gasteiger partial charge in [0.25, 0.3) is 0 Å². The predicted molar refractivity (Wildman–Crippen MR) is 94.6 cm³/mol. The molecule has 1 atom stereocenters. The van der Waals surface area contributed by atoms with E-state index in [-0.39, 0.29) is 0 Å². The van der Waals surface area contributed by atoms with E-state index in [4.69, 9.17) is 10.5 Å². The fourth-order valence-electron chi connectivity index (χ4n) is 2.61. The molecule has 124 valence electrons. The van der Waals surface area contributed by atoms with E-state index >= 15 is 0 Å². The second-order valence-electron chi connectivity index (χ2n) is 5.79. The van der Waals surface area contributed by atoms with E-state index in [9.17, 15) is 4.79 Å². The molecule has 2 aromatic rings. The molecule has 0 aliphatic heterocycles. The Bertz CT molecular complexity index is 861. The number of esters is 1. The maximum Gasteiger partial charge on any atom is 0.354 e. The maximum atomic E-state index is 11.6. The first-order valence-electron chi connectivity index (χ1n) is 7.72. The lowest BCUT2D eigenvalue weighted by atomic mass is 10.1. The summed E-state index contributed by atoms with van der Waals surface area (Å²) in [4.78, 5) is 18.8. The molecule has 0 amide bonds. The summed E-state index contributed by atoms with van der Waals surface area (Å²) in [6.07, 6.45) is 9.86. The van der Waals surface area contributed by atoms with Crippen LogP contribution in [0.25, 0.3) is 11.0 Å². The van der Waals surface area contributed by atoms with Gasteiger partial charge in [0.15, 0.2) is 0 Å². The zero-order chi connectivity index (χ0) is 17.1. The normalized spacial score (nSPS) is 17.2. The number of carbonyl (C=O) groups is 1. The summed E-state index contributed by atoms with van der Waals surface area (Å²) in [7, 11) is 1.35. The van der Waals surface area contributed by atoms with E-state index < -0.39 is 5.97 Å². The van der Waals surface area contributed by atoms with Crippen LogP contribution in [0, 0.1) is 5.92 Å². The average Bonchev–Trinajstić information content (AvgIpc) is 2.92. The van der Waals surface area contributed by atoms with Crippen LogP contribution in [0.15, 0.2) is 53.9 Å². The molecule has 4 N–H and O–H groups in total. The fourth-order valence-corrected chi connectivity index (χ4v) is 2.61. The number of carbonyl (C=O) groups excluding carboxylic acids is 1. The summed E-state index contributed by atoms with van der Waals surface area (Å²) >= 11 is 0. The van der Waals surface area contributed by atoms with Crippen LogP contribution in [-0.4, -0.2) is 29.6 Å². The Morgan fingerprint density at radius 1 is 1.46 bits per heavy atom. The molecule has 2 aromatic heterocycles. The van der Waals surface area contributed by atoms with E-state index in [1.165, 1.54) is 7.11 Å². The van der Waals surface area contributed by atoms with Crippen molar-refractivity contribution in [3.05, 3.63) is 59.6 Å². The molecule has 0 aromatic carbocycles. The van der Waals surface area contributed by atoms with Crippen LogP contribution in [0.2, 0.25) is 0 Å². The van der Waals surface area contributed by atoms with Crippen LogP contribution in [0.5, 0.6) is 0 Å². The van der Waals surface area contributed by atoms with E-state index in [2.05, 4.69) is 34.4 Å². The number of methoxy groups -OCH3 is 1. The van der Waals surface area contributed by atoms with Gasteiger partial charge in [0, 0.05) is 17.6 Å². The number of ether oxygens (including phenoxy) is 1. The molecule has 6 nitrogen and oxygen atoms in total. The number of rotatable bonds is 4. The van der Waals surface area contributed by atoms with Crippen molar-refractivity contribution in [3.8, 4) is 0 Å². The van der Waals surface area contributed by atoms with Gasteiger partial charge in [0.05, 0.1) is 19.0 Å². The third-order valence-electron chi connectivity index (χ3n) is 3.79. The van der Waals surface area contributed by atoms with E-state index in [0.717, 1.165) is 22.3 Å². The molecular formula is C18H20N4O2. The number of aromatic nitrogens is 2. The van der Waals surface area contributed by atoms with Crippen molar-refractivity contribution >= 4 is 22.7 Å². The first kappa shape index (κ1) is 15.9. The molecule has 1 unspecified atom stereocenters. The Balaban J connectivity index is 1.76. The number of H-pyrrole nitrogens is 1. The Kier molecular flexibility index (Phi) is 4.37. The summed E-state index contributed by atoms with van der Waals surface area (Å²) in [5, 5.41) is 4.19. The quantitative estimate of drug-likeness (QED) is 0.752. The van der Waals surface area contributed by atoms with Crippen molar-refractivity contribution in [2.75, 3.05) is 19.0 Å². The van der Waals surface area contributed by atoms with Gasteiger partial charge >= 0.3 is 5.97 Å². The van der Waals surface area contributed by atoms with E-state index in [1.54, 1.807) is 12.3 Å². The van der Waals surface area contributed by atoms with E-state index in [0.29, 0.717) is 23.8 Å². The number of hydrogen-bond acceptors (Lipinski definition) is 5. The molecule has 1 aliphatic carbocycles. The number of nitrogens with two attached hydrogens (primary N) is 1. The summed E-state index contributed by atoms with van der Waals surface area (Å²) in [6.45, 7) is 2.76. The van der Waals surface area contributed by atoms with Gasteiger partial charge in [-0.1, -0.05) is 19.1 Å². The minimum Gasteiger partial charge on any atom is -0.464 e. The second-order valence-corrected chi connectivity index (χ2v) is 5.79. The number of nitrogens with one attached hydrogen (secondary N) is 2. The highest BCUT2D eigenvalue weighted by Crippen LogP contribution is 2.19. The molecule has 2 heterocycles. The van der Waals surface area contributed by atoms with Gasteiger partial charge in [-0.15, -0.1) is 0 Å². The van der Waals surface area contributed by atoms with Gasteiger partial charge in [0.2, 0.25) is 0 Å². The van der Waals surface area contributed by atoms with E-state index in [1.807, 2.05) is 18.2 Å². The maximum absolute atomic E-state index is 11.6. The summed E-state index contributed by atoms with van der Waals surface area (Å²) < 4.78 is 4.71. The standard InChI is InChI=1S/C18H20N4O2/c1-11-3-4-14(19)6-12(5-11)9-20-15-7-13-8-16(18(23)24-2)22-17(13)21-10-15/h3-8,10-11,20H,9,19H2,1-2H3,(H,21,22). The fraction of sp³-hybridized carbons (Fsp3) is 0.222. The highest BCUT2D eigenvalue weighted by Gasteiger charge is 2.10. The molecule has 0 bridgehead atoms. The molecule has 0 radical (unpaired) electrons. The number of anilines is 1. The second kappa shape index (κ2) is 6.62. The lowest BCUT2D eigenvalue weighted by molar-refractivity contribution is 0.0595. The minimum absolute atomic E-state index is 0.340. The van der Waals surface area contributed by atoms with Gasteiger partial charge in [-0.05, 0) is 35.8 Å². The van der Waals surface area contributed by atoms with Crippen molar-refractivity contribution in [2.45, 2.75) is 6.92 Å². The lowest BCUT2D eigenvalue weighted by Gasteiger charge is -2.08. The molecule has 0 spiro atoms. The van der Waals surface area contributed by atoms with Gasteiger partial charge in [-0.25, -0.2) is 9.78 Å². The minimum atomic E-state index is -0.409. The zero-order valence-electron chi connectivity index (χ0n) is 13.7. The number of fused-ring (bicyclic) bond motifs is 1. The van der Waals surface area contributed by atoms with Crippen molar-refractivity contribution in [1.29, 1.82) is 0 Å². The monoisotopic (exact) mass is 324 g/mol. The molecule has 0 saturated carbocycles. The Morgan fingerprint density at radius 3 is 3.08 bits per heavy atom. The molecule has 0 saturated heterocycles. The summed E-state index contributed by atoms with van der Waals surface area (Å²) in [5.74, 6) is -0.0692. The number of nitrogens with zero attached hydrogens (tertiary/aromatic N) is 1. The Labute approximate surface area is 140 Å². The Hall–Kier alpha value is -3.02. The first-order chi connectivity index (χ1) is 11.5. The van der Waals surface area contributed by atoms with Gasteiger partial charge < -0.3 is 20.8 Å². The largest absolute Gasteiger partial charge is 0.464 e. The van der Waals surface area contributed by atoms with Crippen LogP contribution in [-0.2, 0) is 4.74 Å². The zero-order valence-corrected chi connectivity index (χ0v) is 13.7. The van der Waals surface area contributed by atoms with Crippen LogP contribution in [0.3, 0.4) is 0 Å². The topological polar surface area (TPSA) is 93.0 Å². The number of hydrogen-bond donors (Lipinski definition) is 3. The highest BCUT2D eigenvalue weighted by molar-refractivity contribution is 5.94. The lowest BCUT2D eigenvalue weighted by Crippen LogP contribution is -2.05. The first-order valence-corrected chi connectivity index (χ1v) is 7.72. The highest BCUT2D eigenvalue weighted by atomic mass is 16.5. The van der Waals surface area contributed by atoms with Crippen molar-refractivity contribution < 1.29 is 9.53 Å². The van der Waals surface area contributed by atoms with Gasteiger partial charge in [-0.3, -0.25) is 0 Å². The summed E-state index contributed by atoms with van der Waals surface area (Å²) in [5.41, 5.74) is 9.69. The third-order valence-corrected chi connectivity index (χ3v) is 3.79. The van der Waals surface area contributed by atoms with Gasteiger partial charge in [0.1, 0.15) is 11.3 Å². The SMILES string of the molecule is COC(=O)c1cc2cc(NCC3=CC(C)C=CC(N)=C3)cnc2[nH]1. The molecule has 3 rings (SSSR count). The van der Waals surface area contributed by atoms with Crippen molar-refractivity contribution in [1.82, 2.24) is 9.97 Å². The number of aromatic amines is 1. The van der Waals surface area contributed by atoms with Crippen LogP contribution < -0.4 is 11.1 Å². The number of pyridine rings is 1. The Morgan fingerprint density at radius 2 is 2.29 bits per heavy atom. The molecule has 1 aliphatic rings. The predicted octanol–water partition coefficient (Wildman–Crippen LogP) is 2.74. The smallest absolute Gasteiger partial charge is 0.354 e.